The Morgan fingerprint density at radius 1 is 1.10 bits per heavy atom. The van der Waals surface area contributed by atoms with Crippen molar-refractivity contribution in [2.45, 2.75) is 26.2 Å². The molecule has 0 radical (unpaired) electrons. The molecular weight excluding hydrogens is 374 g/mol. The lowest BCUT2D eigenvalue weighted by molar-refractivity contribution is -0.383. The number of rotatable bonds is 13. The Bertz CT molecular complexity index is 762. The molecular formula is C20H29N5O4. The zero-order valence-electron chi connectivity index (χ0n) is 17.3. The number of aromatic nitrogens is 2. The monoisotopic (exact) mass is 403 g/mol. The van der Waals surface area contributed by atoms with Gasteiger partial charge < -0.3 is 19.7 Å². The van der Waals surface area contributed by atoms with Gasteiger partial charge in [0, 0.05) is 33.0 Å². The first-order valence-corrected chi connectivity index (χ1v) is 9.68. The molecule has 0 aliphatic rings. The van der Waals surface area contributed by atoms with Gasteiger partial charge in [-0.1, -0.05) is 25.5 Å². The summed E-state index contributed by atoms with van der Waals surface area (Å²) in [4.78, 5) is 21.5. The molecule has 0 saturated heterocycles. The van der Waals surface area contributed by atoms with E-state index in [4.69, 9.17) is 9.47 Å². The first-order chi connectivity index (χ1) is 14.1. The number of hydrogen-bond acceptors (Lipinski definition) is 8. The van der Waals surface area contributed by atoms with E-state index in [1.54, 1.807) is 19.1 Å². The second kappa shape index (κ2) is 11.9. The van der Waals surface area contributed by atoms with Gasteiger partial charge in [0.15, 0.2) is 0 Å². The maximum Gasteiger partial charge on any atom is 0.353 e. The highest BCUT2D eigenvalue weighted by atomic mass is 16.6. The van der Waals surface area contributed by atoms with Crippen LogP contribution in [0.5, 0.6) is 0 Å². The van der Waals surface area contributed by atoms with Crippen molar-refractivity contribution >= 4 is 23.0 Å². The van der Waals surface area contributed by atoms with E-state index in [1.165, 1.54) is 11.9 Å². The molecule has 0 fully saturated rings. The van der Waals surface area contributed by atoms with Crippen LogP contribution in [0.15, 0.2) is 30.6 Å². The van der Waals surface area contributed by atoms with E-state index in [2.05, 4.69) is 22.2 Å². The molecule has 158 valence electrons. The number of hydrogen-bond donors (Lipinski definition) is 1. The van der Waals surface area contributed by atoms with Gasteiger partial charge in [-0.3, -0.25) is 10.1 Å². The predicted octanol–water partition coefficient (Wildman–Crippen LogP) is 3.57. The second-order valence-corrected chi connectivity index (χ2v) is 6.55. The largest absolute Gasteiger partial charge is 0.383 e. The number of nitrogens with zero attached hydrogens (tertiary/aromatic N) is 4. The van der Waals surface area contributed by atoms with E-state index in [0.29, 0.717) is 26.3 Å². The van der Waals surface area contributed by atoms with Crippen LogP contribution in [0.2, 0.25) is 0 Å². The number of nitro groups is 1. The van der Waals surface area contributed by atoms with Gasteiger partial charge in [-0.05, 0) is 30.5 Å². The third kappa shape index (κ3) is 6.65. The van der Waals surface area contributed by atoms with Crippen LogP contribution in [-0.4, -0.2) is 55.4 Å². The van der Waals surface area contributed by atoms with Gasteiger partial charge in [-0.15, -0.1) is 0 Å². The lowest BCUT2D eigenvalue weighted by atomic mass is 10.1. The maximum absolute atomic E-state index is 11.9. The molecule has 0 unspecified atom stereocenters. The van der Waals surface area contributed by atoms with E-state index in [1.807, 2.05) is 24.3 Å². The fourth-order valence-electron chi connectivity index (χ4n) is 2.86. The number of nitrogens with one attached hydrogen (secondary N) is 1. The van der Waals surface area contributed by atoms with Gasteiger partial charge in [0.1, 0.15) is 6.33 Å². The number of benzene rings is 1. The van der Waals surface area contributed by atoms with Crippen LogP contribution in [-0.2, 0) is 15.9 Å². The van der Waals surface area contributed by atoms with Gasteiger partial charge in [-0.25, -0.2) is 9.97 Å². The van der Waals surface area contributed by atoms with E-state index < -0.39 is 4.92 Å². The summed E-state index contributed by atoms with van der Waals surface area (Å²) >= 11 is 0. The number of methoxy groups -OCH3 is 2. The Morgan fingerprint density at radius 2 is 1.76 bits per heavy atom. The average Bonchev–Trinajstić information content (AvgIpc) is 2.73. The molecule has 2 rings (SSSR count). The van der Waals surface area contributed by atoms with Gasteiger partial charge in [0.05, 0.1) is 18.1 Å². The van der Waals surface area contributed by atoms with Crippen LogP contribution in [0.4, 0.5) is 23.0 Å². The van der Waals surface area contributed by atoms with Crippen molar-refractivity contribution in [3.05, 3.63) is 46.3 Å². The van der Waals surface area contributed by atoms with E-state index in [0.717, 1.165) is 24.9 Å². The molecule has 0 aliphatic carbocycles. The van der Waals surface area contributed by atoms with Crippen LogP contribution < -0.4 is 10.2 Å². The molecule has 0 amide bonds. The van der Waals surface area contributed by atoms with Crippen molar-refractivity contribution in [2.75, 3.05) is 50.7 Å². The highest BCUT2D eigenvalue weighted by molar-refractivity contribution is 5.74. The minimum absolute atomic E-state index is 0.154. The number of aryl methyl sites for hydroxylation is 1. The second-order valence-electron chi connectivity index (χ2n) is 6.55. The van der Waals surface area contributed by atoms with E-state index in [9.17, 15) is 10.1 Å². The molecule has 0 saturated carbocycles. The van der Waals surface area contributed by atoms with Crippen LogP contribution in [0.1, 0.15) is 25.3 Å². The van der Waals surface area contributed by atoms with Gasteiger partial charge in [-0.2, -0.15) is 0 Å². The maximum atomic E-state index is 11.9. The molecule has 9 heteroatoms. The van der Waals surface area contributed by atoms with Crippen LogP contribution in [0, 0.1) is 10.1 Å². The highest BCUT2D eigenvalue weighted by Gasteiger charge is 2.27. The minimum Gasteiger partial charge on any atom is -0.383 e. The van der Waals surface area contributed by atoms with E-state index in [-0.39, 0.29) is 17.3 Å². The first kappa shape index (κ1) is 22.5. The van der Waals surface area contributed by atoms with Gasteiger partial charge in [0.25, 0.3) is 0 Å². The van der Waals surface area contributed by atoms with Crippen LogP contribution in [0.25, 0.3) is 0 Å². The number of anilines is 3. The molecule has 1 heterocycles. The summed E-state index contributed by atoms with van der Waals surface area (Å²) in [5.74, 6) is 0.391. The molecule has 0 atom stereocenters. The normalized spacial score (nSPS) is 10.7. The molecule has 0 aliphatic heterocycles. The predicted molar refractivity (Wildman–Crippen MR) is 113 cm³/mol. The molecule has 0 bridgehead atoms. The molecule has 1 aromatic carbocycles. The lowest BCUT2D eigenvalue weighted by Crippen LogP contribution is -2.32. The van der Waals surface area contributed by atoms with Crippen molar-refractivity contribution in [3.63, 3.8) is 0 Å². The number of unbranched alkanes of at least 4 members (excludes halogenated alkanes) is 1. The van der Waals surface area contributed by atoms with Crippen molar-refractivity contribution in [3.8, 4) is 0 Å². The smallest absolute Gasteiger partial charge is 0.353 e. The minimum atomic E-state index is -0.458. The first-order valence-electron chi connectivity index (χ1n) is 9.68. The fourth-order valence-corrected chi connectivity index (χ4v) is 2.86. The van der Waals surface area contributed by atoms with Crippen molar-refractivity contribution in [2.24, 2.45) is 0 Å². The number of ether oxygens (including phenoxy) is 2. The van der Waals surface area contributed by atoms with Crippen molar-refractivity contribution < 1.29 is 14.4 Å². The summed E-state index contributed by atoms with van der Waals surface area (Å²) in [6.45, 7) is 3.87. The quantitative estimate of drug-likeness (QED) is 0.400. The summed E-state index contributed by atoms with van der Waals surface area (Å²) in [7, 11) is 3.17. The third-order valence-corrected chi connectivity index (χ3v) is 4.45. The van der Waals surface area contributed by atoms with Crippen LogP contribution in [0.3, 0.4) is 0 Å². The molecule has 29 heavy (non-hydrogen) atoms. The van der Waals surface area contributed by atoms with Gasteiger partial charge in [0.2, 0.25) is 11.6 Å². The standard InChI is InChI=1S/C20H29N5O4/c1-4-5-6-16-7-9-17(10-8-16)23-19-18(25(26)27)20(22-15-21-19)24(11-13-28-2)12-14-29-3/h7-10,15H,4-6,11-14H2,1-3H3,(H,21,22,23). The zero-order chi connectivity index (χ0) is 21.1. The molecule has 9 nitrogen and oxygen atoms in total. The summed E-state index contributed by atoms with van der Waals surface area (Å²) in [6, 6.07) is 7.86. The molecule has 0 spiro atoms. The van der Waals surface area contributed by atoms with Crippen molar-refractivity contribution in [1.82, 2.24) is 9.97 Å². The van der Waals surface area contributed by atoms with E-state index >= 15 is 0 Å². The molecule has 1 N–H and O–H groups in total. The highest BCUT2D eigenvalue weighted by Crippen LogP contribution is 2.33. The fraction of sp³-hybridized carbons (Fsp3) is 0.500. The molecule has 2 aromatic rings. The summed E-state index contributed by atoms with van der Waals surface area (Å²) in [6.07, 6.45) is 4.61. The molecule has 1 aromatic heterocycles. The summed E-state index contributed by atoms with van der Waals surface area (Å²) in [5, 5.41) is 14.9. The Balaban J connectivity index is 2.29. The lowest BCUT2D eigenvalue weighted by Gasteiger charge is -2.23. The SMILES string of the molecule is CCCCc1ccc(Nc2ncnc(N(CCOC)CCOC)c2[N+](=O)[O-])cc1. The Morgan fingerprint density at radius 3 is 2.31 bits per heavy atom. The topological polar surface area (TPSA) is 103 Å². The summed E-state index contributed by atoms with van der Waals surface area (Å²) < 4.78 is 10.3. The third-order valence-electron chi connectivity index (χ3n) is 4.45. The Hall–Kier alpha value is -2.78. The Kier molecular flexibility index (Phi) is 9.26. The summed E-state index contributed by atoms with van der Waals surface area (Å²) in [5.41, 5.74) is 1.80. The average molecular weight is 403 g/mol. The Labute approximate surface area is 171 Å². The van der Waals surface area contributed by atoms with Crippen LogP contribution >= 0.6 is 0 Å². The zero-order valence-corrected chi connectivity index (χ0v) is 17.3. The van der Waals surface area contributed by atoms with Crippen molar-refractivity contribution in [1.29, 1.82) is 0 Å². The van der Waals surface area contributed by atoms with Gasteiger partial charge >= 0.3 is 5.69 Å².